The normalized spacial score (nSPS) is 17.0. The number of rotatable bonds is 7. The summed E-state index contributed by atoms with van der Waals surface area (Å²) in [6, 6.07) is 9.95. The highest BCUT2D eigenvalue weighted by atomic mass is 16.5. The van der Waals surface area contributed by atoms with Crippen molar-refractivity contribution in [2.45, 2.75) is 52.1 Å². The molecule has 2 amide bonds. The summed E-state index contributed by atoms with van der Waals surface area (Å²) in [4.78, 5) is 32.9. The van der Waals surface area contributed by atoms with Gasteiger partial charge >= 0.3 is 0 Å². The van der Waals surface area contributed by atoms with Crippen LogP contribution in [0.25, 0.3) is 0 Å². The second kappa shape index (κ2) is 8.33. The van der Waals surface area contributed by atoms with Crippen molar-refractivity contribution in [3.8, 4) is 0 Å². The van der Waals surface area contributed by atoms with Gasteiger partial charge in [-0.25, -0.2) is 0 Å². The smallest absolute Gasteiger partial charge is 0.246 e. The highest BCUT2D eigenvalue weighted by molar-refractivity contribution is 5.86. The van der Waals surface area contributed by atoms with Crippen LogP contribution < -0.4 is 0 Å². The zero-order valence-electron chi connectivity index (χ0n) is 16.1. The molecule has 2 aromatic rings. The number of hydrogen-bond donors (Lipinski definition) is 0. The largest absolute Gasteiger partial charge is 0.337 e. The highest BCUT2D eigenvalue weighted by Gasteiger charge is 2.33. The molecular formula is C20H26N4O3. The number of aromatic nitrogens is 2. The Labute approximate surface area is 159 Å². The lowest BCUT2D eigenvalue weighted by Crippen LogP contribution is -2.43. The maximum absolute atomic E-state index is 12.9. The second-order valence-electron chi connectivity index (χ2n) is 7.16. The van der Waals surface area contributed by atoms with E-state index in [9.17, 15) is 9.59 Å². The van der Waals surface area contributed by atoms with Gasteiger partial charge in [-0.2, -0.15) is 4.98 Å². The molecule has 144 valence electrons. The maximum atomic E-state index is 12.9. The van der Waals surface area contributed by atoms with E-state index in [-0.39, 0.29) is 36.9 Å². The molecule has 0 N–H and O–H groups in total. The summed E-state index contributed by atoms with van der Waals surface area (Å²) in [5.74, 6) is 1.10. The average Bonchev–Trinajstić information content (AvgIpc) is 3.27. The molecule has 0 spiro atoms. The van der Waals surface area contributed by atoms with Crippen LogP contribution >= 0.6 is 0 Å². The van der Waals surface area contributed by atoms with E-state index in [0.717, 1.165) is 5.56 Å². The van der Waals surface area contributed by atoms with Crippen molar-refractivity contribution in [1.29, 1.82) is 0 Å². The zero-order chi connectivity index (χ0) is 19.4. The predicted octanol–water partition coefficient (Wildman–Crippen LogP) is 2.39. The van der Waals surface area contributed by atoms with E-state index >= 15 is 0 Å². The standard InChI is InChI=1S/C20H26N4O3/c1-4-17-21-18(27-22-17)12-24(14(2)3)20(26)13-23-11-16(10-19(23)25)15-8-6-5-7-9-15/h5-9,14,16H,4,10-13H2,1-3H3/t16-/m0/s1. The fourth-order valence-electron chi connectivity index (χ4n) is 3.33. The first-order chi connectivity index (χ1) is 13.0. The van der Waals surface area contributed by atoms with Crippen molar-refractivity contribution >= 4 is 11.8 Å². The number of carbonyl (C=O) groups excluding carboxylic acids is 2. The number of benzene rings is 1. The topological polar surface area (TPSA) is 79.5 Å². The first-order valence-corrected chi connectivity index (χ1v) is 9.41. The van der Waals surface area contributed by atoms with Gasteiger partial charge in [0.25, 0.3) is 0 Å². The molecule has 1 aromatic carbocycles. The van der Waals surface area contributed by atoms with Gasteiger partial charge in [0.1, 0.15) is 6.54 Å². The molecule has 7 heteroatoms. The van der Waals surface area contributed by atoms with Crippen LogP contribution in [0.3, 0.4) is 0 Å². The molecule has 0 unspecified atom stereocenters. The van der Waals surface area contributed by atoms with Crippen LogP contribution in [-0.4, -0.2) is 50.9 Å². The summed E-state index contributed by atoms with van der Waals surface area (Å²) in [7, 11) is 0. The minimum absolute atomic E-state index is 0.0203. The Morgan fingerprint density at radius 3 is 2.70 bits per heavy atom. The molecule has 1 aliphatic heterocycles. The molecular weight excluding hydrogens is 344 g/mol. The van der Waals surface area contributed by atoms with Crippen molar-refractivity contribution in [3.63, 3.8) is 0 Å². The molecule has 1 saturated heterocycles. The summed E-state index contributed by atoms with van der Waals surface area (Å²) >= 11 is 0. The Morgan fingerprint density at radius 1 is 1.33 bits per heavy atom. The molecule has 1 aromatic heterocycles. The van der Waals surface area contributed by atoms with Gasteiger partial charge in [0.15, 0.2) is 5.82 Å². The molecule has 7 nitrogen and oxygen atoms in total. The van der Waals surface area contributed by atoms with Gasteiger partial charge in [0.05, 0.1) is 6.54 Å². The van der Waals surface area contributed by atoms with Gasteiger partial charge in [-0.05, 0) is 19.4 Å². The van der Waals surface area contributed by atoms with Crippen molar-refractivity contribution in [1.82, 2.24) is 19.9 Å². The van der Waals surface area contributed by atoms with Gasteiger partial charge in [0.2, 0.25) is 17.7 Å². The summed E-state index contributed by atoms with van der Waals surface area (Å²) in [6.07, 6.45) is 1.13. The first kappa shape index (κ1) is 19.1. The number of likely N-dealkylation sites (tertiary alicyclic amines) is 1. The number of amides is 2. The quantitative estimate of drug-likeness (QED) is 0.748. The monoisotopic (exact) mass is 370 g/mol. The third-order valence-electron chi connectivity index (χ3n) is 4.89. The van der Waals surface area contributed by atoms with E-state index in [4.69, 9.17) is 4.52 Å². The minimum atomic E-state index is -0.108. The highest BCUT2D eigenvalue weighted by Crippen LogP contribution is 2.28. The maximum Gasteiger partial charge on any atom is 0.246 e. The molecule has 0 saturated carbocycles. The predicted molar refractivity (Wildman–Crippen MR) is 99.7 cm³/mol. The molecule has 2 heterocycles. The fraction of sp³-hybridized carbons (Fsp3) is 0.500. The van der Waals surface area contributed by atoms with Crippen molar-refractivity contribution in [3.05, 3.63) is 47.6 Å². The average molecular weight is 370 g/mol. The van der Waals surface area contributed by atoms with E-state index in [1.54, 1.807) is 9.80 Å². The Bertz CT molecular complexity index is 788. The second-order valence-corrected chi connectivity index (χ2v) is 7.16. The summed E-state index contributed by atoms with van der Waals surface area (Å²) < 4.78 is 5.22. The van der Waals surface area contributed by atoms with Gasteiger partial charge in [-0.3, -0.25) is 9.59 Å². The van der Waals surface area contributed by atoms with Crippen LogP contribution in [0, 0.1) is 0 Å². The molecule has 1 aliphatic rings. The number of aryl methyl sites for hydroxylation is 1. The van der Waals surface area contributed by atoms with E-state index in [1.165, 1.54) is 0 Å². The Balaban J connectivity index is 1.64. The van der Waals surface area contributed by atoms with E-state index in [2.05, 4.69) is 10.1 Å². The Kier molecular flexibility index (Phi) is 5.88. The van der Waals surface area contributed by atoms with Crippen molar-refractivity contribution < 1.29 is 14.1 Å². The fourth-order valence-corrected chi connectivity index (χ4v) is 3.33. The SMILES string of the molecule is CCc1noc(CN(C(=O)CN2C[C@@H](c3ccccc3)CC2=O)C(C)C)n1. The summed E-state index contributed by atoms with van der Waals surface area (Å²) in [5.41, 5.74) is 1.14. The lowest BCUT2D eigenvalue weighted by atomic mass is 9.99. The summed E-state index contributed by atoms with van der Waals surface area (Å²) in [6.45, 7) is 6.73. The Morgan fingerprint density at radius 2 is 2.07 bits per heavy atom. The van der Waals surface area contributed by atoms with Crippen LogP contribution in [0.1, 0.15) is 50.4 Å². The van der Waals surface area contributed by atoms with Crippen LogP contribution in [-0.2, 0) is 22.6 Å². The lowest BCUT2D eigenvalue weighted by Gasteiger charge is -2.27. The van der Waals surface area contributed by atoms with E-state index < -0.39 is 0 Å². The third kappa shape index (κ3) is 4.53. The third-order valence-corrected chi connectivity index (χ3v) is 4.89. The zero-order valence-corrected chi connectivity index (χ0v) is 16.1. The lowest BCUT2D eigenvalue weighted by molar-refractivity contribution is -0.140. The number of hydrogen-bond acceptors (Lipinski definition) is 5. The number of nitrogens with zero attached hydrogens (tertiary/aromatic N) is 4. The number of carbonyl (C=O) groups is 2. The van der Waals surface area contributed by atoms with Crippen molar-refractivity contribution in [2.24, 2.45) is 0 Å². The van der Waals surface area contributed by atoms with E-state index in [0.29, 0.717) is 31.1 Å². The van der Waals surface area contributed by atoms with Crippen molar-refractivity contribution in [2.75, 3.05) is 13.1 Å². The van der Waals surface area contributed by atoms with Crippen LogP contribution in [0.4, 0.5) is 0 Å². The molecule has 3 rings (SSSR count). The van der Waals surface area contributed by atoms with Gasteiger partial charge in [0, 0.05) is 31.3 Å². The molecule has 1 atom stereocenters. The minimum Gasteiger partial charge on any atom is -0.337 e. The Hall–Kier alpha value is -2.70. The van der Waals surface area contributed by atoms with E-state index in [1.807, 2.05) is 51.1 Å². The van der Waals surface area contributed by atoms with Crippen LogP contribution in [0.5, 0.6) is 0 Å². The van der Waals surface area contributed by atoms with Gasteiger partial charge in [-0.1, -0.05) is 42.4 Å². The molecule has 1 fully saturated rings. The molecule has 27 heavy (non-hydrogen) atoms. The van der Waals surface area contributed by atoms with Gasteiger partial charge < -0.3 is 14.3 Å². The van der Waals surface area contributed by atoms with Crippen LogP contribution in [0.15, 0.2) is 34.9 Å². The molecule has 0 bridgehead atoms. The molecule has 0 aliphatic carbocycles. The first-order valence-electron chi connectivity index (χ1n) is 9.41. The van der Waals surface area contributed by atoms with Crippen LogP contribution in [0.2, 0.25) is 0 Å². The van der Waals surface area contributed by atoms with Gasteiger partial charge in [-0.15, -0.1) is 0 Å². The molecule has 0 radical (unpaired) electrons. The summed E-state index contributed by atoms with van der Waals surface area (Å²) in [5, 5.41) is 3.88.